The lowest BCUT2D eigenvalue weighted by Crippen LogP contribution is -2.38. The SMILES string of the molecule is CCc1nn(C)c(N2CCC(C3CCCO3)CC2)c1[N+](=O)[O-]. The summed E-state index contributed by atoms with van der Waals surface area (Å²) < 4.78 is 7.47. The number of nitro groups is 1. The van der Waals surface area contributed by atoms with E-state index < -0.39 is 0 Å². The van der Waals surface area contributed by atoms with Crippen LogP contribution in [0.1, 0.15) is 38.3 Å². The summed E-state index contributed by atoms with van der Waals surface area (Å²) in [7, 11) is 1.80. The van der Waals surface area contributed by atoms with Crippen LogP contribution in [-0.4, -0.2) is 40.5 Å². The molecular formula is C15H24N4O3. The Morgan fingerprint density at radius 2 is 2.09 bits per heavy atom. The molecule has 22 heavy (non-hydrogen) atoms. The Bertz CT molecular complexity index is 543. The Kier molecular flexibility index (Phi) is 4.33. The second-order valence-corrected chi connectivity index (χ2v) is 6.23. The molecule has 7 nitrogen and oxygen atoms in total. The fourth-order valence-corrected chi connectivity index (χ4v) is 3.80. The Hall–Kier alpha value is -1.63. The van der Waals surface area contributed by atoms with Gasteiger partial charge in [0.15, 0.2) is 0 Å². The smallest absolute Gasteiger partial charge is 0.334 e. The lowest BCUT2D eigenvalue weighted by Gasteiger charge is -2.35. The van der Waals surface area contributed by atoms with Crippen LogP contribution in [0.15, 0.2) is 0 Å². The summed E-state index contributed by atoms with van der Waals surface area (Å²) in [5.41, 5.74) is 0.754. The highest BCUT2D eigenvalue weighted by atomic mass is 16.6. The molecule has 122 valence electrons. The first-order valence-electron chi connectivity index (χ1n) is 8.18. The lowest BCUT2D eigenvalue weighted by molar-refractivity contribution is -0.384. The molecule has 1 unspecified atom stereocenters. The maximum atomic E-state index is 11.4. The topological polar surface area (TPSA) is 73.4 Å². The summed E-state index contributed by atoms with van der Waals surface area (Å²) in [5, 5.41) is 15.8. The molecule has 0 N–H and O–H groups in total. The van der Waals surface area contributed by atoms with Gasteiger partial charge in [0.25, 0.3) is 0 Å². The monoisotopic (exact) mass is 308 g/mol. The quantitative estimate of drug-likeness (QED) is 0.630. The Morgan fingerprint density at radius 3 is 2.64 bits per heavy atom. The minimum absolute atomic E-state index is 0.181. The van der Waals surface area contributed by atoms with Crippen LogP contribution in [0, 0.1) is 16.0 Å². The predicted octanol–water partition coefficient (Wildman–Crippen LogP) is 2.29. The summed E-state index contributed by atoms with van der Waals surface area (Å²) in [6.07, 6.45) is 5.38. The van der Waals surface area contributed by atoms with E-state index in [9.17, 15) is 10.1 Å². The van der Waals surface area contributed by atoms with Crippen LogP contribution >= 0.6 is 0 Å². The molecule has 7 heteroatoms. The van der Waals surface area contributed by atoms with Crippen LogP contribution in [0.5, 0.6) is 0 Å². The molecular weight excluding hydrogens is 284 g/mol. The van der Waals surface area contributed by atoms with Crippen LogP contribution in [0.25, 0.3) is 0 Å². The molecule has 0 bridgehead atoms. The van der Waals surface area contributed by atoms with Gasteiger partial charge in [-0.3, -0.25) is 10.1 Å². The fraction of sp³-hybridized carbons (Fsp3) is 0.800. The molecule has 2 fully saturated rings. The number of piperidine rings is 1. The van der Waals surface area contributed by atoms with Crippen molar-refractivity contribution in [3.05, 3.63) is 15.8 Å². The van der Waals surface area contributed by atoms with Crippen molar-refractivity contribution < 1.29 is 9.66 Å². The fourth-order valence-electron chi connectivity index (χ4n) is 3.80. The van der Waals surface area contributed by atoms with E-state index in [2.05, 4.69) is 10.00 Å². The minimum atomic E-state index is -0.284. The number of aryl methyl sites for hydroxylation is 2. The van der Waals surface area contributed by atoms with Crippen LogP contribution in [0.3, 0.4) is 0 Å². The average Bonchev–Trinajstić information content (AvgIpc) is 3.14. The van der Waals surface area contributed by atoms with Gasteiger partial charge in [0.05, 0.1) is 11.0 Å². The molecule has 3 heterocycles. The van der Waals surface area contributed by atoms with Crippen molar-refractivity contribution >= 4 is 11.5 Å². The highest BCUT2D eigenvalue weighted by Gasteiger charge is 2.34. The van der Waals surface area contributed by atoms with Crippen molar-refractivity contribution in [1.29, 1.82) is 0 Å². The molecule has 2 saturated heterocycles. The van der Waals surface area contributed by atoms with E-state index in [1.54, 1.807) is 11.7 Å². The zero-order valence-electron chi connectivity index (χ0n) is 13.3. The second kappa shape index (κ2) is 6.24. The largest absolute Gasteiger partial charge is 0.378 e. The van der Waals surface area contributed by atoms with Crippen LogP contribution < -0.4 is 4.90 Å². The highest BCUT2D eigenvalue weighted by molar-refractivity contribution is 5.61. The van der Waals surface area contributed by atoms with Crippen molar-refractivity contribution in [2.45, 2.75) is 45.1 Å². The summed E-state index contributed by atoms with van der Waals surface area (Å²) in [4.78, 5) is 13.3. The van der Waals surface area contributed by atoms with Gasteiger partial charge >= 0.3 is 5.69 Å². The Labute approximate surface area is 130 Å². The van der Waals surface area contributed by atoms with Crippen LogP contribution in [0.2, 0.25) is 0 Å². The normalized spacial score (nSPS) is 23.2. The predicted molar refractivity (Wildman–Crippen MR) is 83.2 cm³/mol. The number of nitrogens with zero attached hydrogens (tertiary/aromatic N) is 4. The van der Waals surface area contributed by atoms with Crippen molar-refractivity contribution in [3.8, 4) is 0 Å². The molecule has 0 spiro atoms. The summed E-state index contributed by atoms with van der Waals surface area (Å²) in [5.74, 6) is 1.25. The van der Waals surface area contributed by atoms with Crippen molar-refractivity contribution in [2.24, 2.45) is 13.0 Å². The number of aromatic nitrogens is 2. The third-order valence-electron chi connectivity index (χ3n) is 4.91. The molecule has 0 amide bonds. The molecule has 3 rings (SSSR count). The van der Waals surface area contributed by atoms with E-state index in [0.29, 0.717) is 30.0 Å². The molecule has 0 aliphatic carbocycles. The Morgan fingerprint density at radius 1 is 1.36 bits per heavy atom. The molecule has 0 radical (unpaired) electrons. The van der Waals surface area contributed by atoms with Crippen molar-refractivity contribution in [3.63, 3.8) is 0 Å². The lowest BCUT2D eigenvalue weighted by atomic mass is 9.90. The molecule has 0 saturated carbocycles. The third kappa shape index (κ3) is 2.69. The number of anilines is 1. The van der Waals surface area contributed by atoms with Gasteiger partial charge in [0.2, 0.25) is 5.82 Å². The van der Waals surface area contributed by atoms with Crippen LogP contribution in [0.4, 0.5) is 11.5 Å². The third-order valence-corrected chi connectivity index (χ3v) is 4.91. The number of rotatable bonds is 4. The van der Waals surface area contributed by atoms with Gasteiger partial charge in [-0.2, -0.15) is 5.10 Å². The molecule has 1 aromatic rings. The van der Waals surface area contributed by atoms with E-state index in [1.807, 2.05) is 6.92 Å². The van der Waals surface area contributed by atoms with Gasteiger partial charge in [-0.1, -0.05) is 6.92 Å². The summed E-state index contributed by atoms with van der Waals surface area (Å²) in [6, 6.07) is 0. The van der Waals surface area contributed by atoms with Gasteiger partial charge in [-0.05, 0) is 38.0 Å². The Balaban J connectivity index is 1.75. The van der Waals surface area contributed by atoms with E-state index in [0.717, 1.165) is 45.4 Å². The number of ether oxygens (including phenoxy) is 1. The number of hydrogen-bond donors (Lipinski definition) is 0. The van der Waals surface area contributed by atoms with Gasteiger partial charge in [0, 0.05) is 26.7 Å². The van der Waals surface area contributed by atoms with Gasteiger partial charge < -0.3 is 9.64 Å². The second-order valence-electron chi connectivity index (χ2n) is 6.23. The minimum Gasteiger partial charge on any atom is -0.378 e. The van der Waals surface area contributed by atoms with Gasteiger partial charge in [0.1, 0.15) is 5.69 Å². The zero-order chi connectivity index (χ0) is 15.7. The molecule has 0 aromatic carbocycles. The maximum absolute atomic E-state index is 11.4. The van der Waals surface area contributed by atoms with E-state index in [1.165, 1.54) is 0 Å². The average molecular weight is 308 g/mol. The standard InChI is InChI=1S/C15H24N4O3/c1-3-12-14(19(20)21)15(17(2)16-12)18-8-6-11(7-9-18)13-5-4-10-22-13/h11,13H,3-10H2,1-2H3. The molecule has 1 atom stereocenters. The van der Waals surface area contributed by atoms with Crippen LogP contribution in [-0.2, 0) is 18.2 Å². The zero-order valence-corrected chi connectivity index (χ0v) is 13.3. The summed E-state index contributed by atoms with van der Waals surface area (Å²) in [6.45, 7) is 4.48. The summed E-state index contributed by atoms with van der Waals surface area (Å²) >= 11 is 0. The maximum Gasteiger partial charge on any atom is 0.334 e. The van der Waals surface area contributed by atoms with Gasteiger partial charge in [-0.25, -0.2) is 4.68 Å². The first kappa shape index (κ1) is 15.3. The first-order valence-corrected chi connectivity index (χ1v) is 8.18. The van der Waals surface area contributed by atoms with E-state index >= 15 is 0 Å². The van der Waals surface area contributed by atoms with E-state index in [-0.39, 0.29) is 10.6 Å². The van der Waals surface area contributed by atoms with Crippen molar-refractivity contribution in [2.75, 3.05) is 24.6 Å². The van der Waals surface area contributed by atoms with E-state index in [4.69, 9.17) is 4.74 Å². The molecule has 2 aliphatic heterocycles. The first-order chi connectivity index (χ1) is 10.6. The van der Waals surface area contributed by atoms with Gasteiger partial charge in [-0.15, -0.1) is 0 Å². The molecule has 2 aliphatic rings. The molecule has 1 aromatic heterocycles. The van der Waals surface area contributed by atoms with Crippen molar-refractivity contribution in [1.82, 2.24) is 9.78 Å². The number of hydrogen-bond acceptors (Lipinski definition) is 5. The highest BCUT2D eigenvalue weighted by Crippen LogP contribution is 2.36.